The number of benzene rings is 1. The predicted octanol–water partition coefficient (Wildman–Crippen LogP) is 3.78. The maximum atomic E-state index is 14.7. The van der Waals surface area contributed by atoms with Crippen LogP contribution in [0.15, 0.2) is 12.1 Å². The average molecular weight is 293 g/mol. The van der Waals surface area contributed by atoms with E-state index in [1.54, 1.807) is 19.9 Å². The molecule has 3 rings (SSSR count). The van der Waals surface area contributed by atoms with Gasteiger partial charge in [0.05, 0.1) is 13.2 Å². The molecule has 0 spiro atoms. The number of alkyl halides is 1. The summed E-state index contributed by atoms with van der Waals surface area (Å²) in [6.07, 6.45) is 4.83. The van der Waals surface area contributed by atoms with Gasteiger partial charge in [-0.2, -0.15) is 0 Å². The average Bonchev–Trinajstić information content (AvgIpc) is 2.73. The second kappa shape index (κ2) is 5.16. The molecule has 0 bridgehead atoms. The number of ether oxygens (including phenoxy) is 2. The molecule has 1 fully saturated rings. The normalized spacial score (nSPS) is 21.1. The van der Waals surface area contributed by atoms with Crippen molar-refractivity contribution in [2.24, 2.45) is 5.73 Å². The molecular formula is C17H24FNO2. The Hall–Kier alpha value is -1.29. The van der Waals surface area contributed by atoms with E-state index in [-0.39, 0.29) is 0 Å². The third-order valence-corrected chi connectivity index (χ3v) is 4.56. The topological polar surface area (TPSA) is 44.5 Å². The van der Waals surface area contributed by atoms with Gasteiger partial charge in [0.1, 0.15) is 5.67 Å². The number of nitrogens with two attached hydrogens (primary N) is 1. The number of fused-ring (bicyclic) bond motifs is 1. The van der Waals surface area contributed by atoms with Crippen molar-refractivity contribution in [2.45, 2.75) is 57.2 Å². The fourth-order valence-corrected chi connectivity index (χ4v) is 3.39. The van der Waals surface area contributed by atoms with E-state index in [0.29, 0.717) is 30.3 Å². The lowest BCUT2D eigenvalue weighted by molar-refractivity contribution is 0.214. The van der Waals surface area contributed by atoms with Crippen LogP contribution < -0.4 is 15.2 Å². The van der Waals surface area contributed by atoms with Crippen LogP contribution in [0.3, 0.4) is 0 Å². The third-order valence-electron chi connectivity index (χ3n) is 4.56. The smallest absolute Gasteiger partial charge is 0.161 e. The van der Waals surface area contributed by atoms with E-state index >= 15 is 0 Å². The molecule has 116 valence electrons. The van der Waals surface area contributed by atoms with Crippen molar-refractivity contribution >= 4 is 0 Å². The highest BCUT2D eigenvalue weighted by atomic mass is 19.1. The number of hydrogen-bond donors (Lipinski definition) is 1. The minimum absolute atomic E-state index is 0.441. The number of halogens is 1. The maximum Gasteiger partial charge on any atom is 0.161 e. The maximum absolute atomic E-state index is 14.7. The van der Waals surface area contributed by atoms with E-state index in [1.807, 2.05) is 6.07 Å². The fraction of sp³-hybridized carbons (Fsp3) is 0.647. The Morgan fingerprint density at radius 1 is 1.05 bits per heavy atom. The van der Waals surface area contributed by atoms with Crippen LogP contribution in [0.4, 0.5) is 4.39 Å². The molecule has 1 saturated carbocycles. The molecule has 1 aliphatic heterocycles. The highest BCUT2D eigenvalue weighted by Gasteiger charge is 2.38. The summed E-state index contributed by atoms with van der Waals surface area (Å²) in [5.41, 5.74) is 6.22. The molecule has 0 amide bonds. The molecule has 1 aromatic carbocycles. The predicted molar refractivity (Wildman–Crippen MR) is 80.5 cm³/mol. The van der Waals surface area contributed by atoms with Crippen LogP contribution >= 0.6 is 0 Å². The zero-order valence-electron chi connectivity index (χ0n) is 12.9. The Balaban J connectivity index is 2.14. The van der Waals surface area contributed by atoms with Gasteiger partial charge in [-0.3, -0.25) is 0 Å². The molecule has 1 aliphatic carbocycles. The minimum Gasteiger partial charge on any atom is -0.490 e. The SMILES string of the molecule is CC(C)(F)c1cc2c(cc1C1(N)CCCC1)OCCCO2. The van der Waals surface area contributed by atoms with Gasteiger partial charge in [0.2, 0.25) is 0 Å². The van der Waals surface area contributed by atoms with Crippen molar-refractivity contribution in [3.63, 3.8) is 0 Å². The van der Waals surface area contributed by atoms with Crippen LogP contribution in [0, 0.1) is 0 Å². The Kier molecular flexibility index (Phi) is 3.60. The van der Waals surface area contributed by atoms with E-state index < -0.39 is 11.2 Å². The summed E-state index contributed by atoms with van der Waals surface area (Å²) in [6.45, 7) is 4.39. The van der Waals surface area contributed by atoms with Crippen LogP contribution in [0.5, 0.6) is 11.5 Å². The first-order chi connectivity index (χ1) is 9.90. The lowest BCUT2D eigenvalue weighted by Gasteiger charge is -2.31. The van der Waals surface area contributed by atoms with E-state index in [1.165, 1.54) is 0 Å². The van der Waals surface area contributed by atoms with Crippen molar-refractivity contribution in [3.05, 3.63) is 23.3 Å². The number of hydrogen-bond acceptors (Lipinski definition) is 3. The molecule has 21 heavy (non-hydrogen) atoms. The first kappa shape index (κ1) is 14.6. The monoisotopic (exact) mass is 293 g/mol. The molecule has 3 nitrogen and oxygen atoms in total. The summed E-state index contributed by atoms with van der Waals surface area (Å²) < 4.78 is 26.2. The zero-order valence-corrected chi connectivity index (χ0v) is 12.9. The lowest BCUT2D eigenvalue weighted by atomic mass is 9.81. The van der Waals surface area contributed by atoms with E-state index in [2.05, 4.69) is 0 Å². The Morgan fingerprint density at radius 2 is 1.62 bits per heavy atom. The highest BCUT2D eigenvalue weighted by molar-refractivity contribution is 5.52. The first-order valence-electron chi connectivity index (χ1n) is 7.83. The van der Waals surface area contributed by atoms with Gasteiger partial charge in [0.25, 0.3) is 0 Å². The van der Waals surface area contributed by atoms with Crippen LogP contribution in [-0.2, 0) is 11.2 Å². The standard InChI is InChI=1S/C17H24FNO2/c1-16(2,18)12-10-14-15(21-9-5-8-20-14)11-13(12)17(19)6-3-4-7-17/h10-11H,3-9,19H2,1-2H3. The van der Waals surface area contributed by atoms with Crippen LogP contribution in [0.2, 0.25) is 0 Å². The molecule has 0 atom stereocenters. The summed E-state index contributed by atoms with van der Waals surface area (Å²) in [4.78, 5) is 0. The molecule has 2 N–H and O–H groups in total. The van der Waals surface area contributed by atoms with E-state index in [9.17, 15) is 4.39 Å². The van der Waals surface area contributed by atoms with Crippen molar-refractivity contribution in [3.8, 4) is 11.5 Å². The van der Waals surface area contributed by atoms with Gasteiger partial charge in [0, 0.05) is 12.0 Å². The summed E-state index contributed by atoms with van der Waals surface area (Å²) in [5.74, 6) is 1.34. The zero-order chi connectivity index (χ0) is 15.1. The Bertz CT molecular complexity index is 530. The van der Waals surface area contributed by atoms with Crippen molar-refractivity contribution in [1.82, 2.24) is 0 Å². The lowest BCUT2D eigenvalue weighted by Crippen LogP contribution is -2.36. The van der Waals surface area contributed by atoms with Crippen molar-refractivity contribution in [2.75, 3.05) is 13.2 Å². The van der Waals surface area contributed by atoms with E-state index in [0.717, 1.165) is 37.7 Å². The quantitative estimate of drug-likeness (QED) is 0.902. The first-order valence-corrected chi connectivity index (χ1v) is 7.83. The molecule has 1 heterocycles. The van der Waals surface area contributed by atoms with E-state index in [4.69, 9.17) is 15.2 Å². The molecule has 0 aromatic heterocycles. The summed E-state index contributed by atoms with van der Waals surface area (Å²) in [5, 5.41) is 0. The Labute approximate surface area is 125 Å². The largest absolute Gasteiger partial charge is 0.490 e. The molecule has 0 radical (unpaired) electrons. The van der Waals surface area contributed by atoms with Crippen LogP contribution in [0.1, 0.15) is 57.1 Å². The Morgan fingerprint density at radius 3 is 2.19 bits per heavy atom. The van der Waals surface area contributed by atoms with Gasteiger partial charge in [-0.1, -0.05) is 12.8 Å². The highest BCUT2D eigenvalue weighted by Crippen LogP contribution is 2.46. The van der Waals surface area contributed by atoms with Crippen molar-refractivity contribution in [1.29, 1.82) is 0 Å². The van der Waals surface area contributed by atoms with Gasteiger partial charge < -0.3 is 15.2 Å². The molecule has 1 aromatic rings. The van der Waals surface area contributed by atoms with Crippen molar-refractivity contribution < 1.29 is 13.9 Å². The molecular weight excluding hydrogens is 269 g/mol. The number of rotatable bonds is 2. The summed E-state index contributed by atoms with van der Waals surface area (Å²) in [7, 11) is 0. The summed E-state index contributed by atoms with van der Waals surface area (Å²) in [6, 6.07) is 3.71. The fourth-order valence-electron chi connectivity index (χ4n) is 3.39. The minimum atomic E-state index is -1.45. The molecule has 0 saturated heterocycles. The second-order valence-electron chi connectivity index (χ2n) is 6.73. The van der Waals surface area contributed by atoms with Gasteiger partial charge in [-0.25, -0.2) is 4.39 Å². The van der Waals surface area contributed by atoms with Gasteiger partial charge in [0.15, 0.2) is 11.5 Å². The molecule has 4 heteroatoms. The van der Waals surface area contributed by atoms with Gasteiger partial charge in [-0.05, 0) is 49.9 Å². The van der Waals surface area contributed by atoms with Crippen LogP contribution in [-0.4, -0.2) is 13.2 Å². The molecule has 0 unspecified atom stereocenters. The van der Waals surface area contributed by atoms with Gasteiger partial charge in [-0.15, -0.1) is 0 Å². The summed E-state index contributed by atoms with van der Waals surface area (Å²) >= 11 is 0. The third kappa shape index (κ3) is 2.73. The second-order valence-corrected chi connectivity index (χ2v) is 6.73. The van der Waals surface area contributed by atoms with Gasteiger partial charge >= 0.3 is 0 Å². The van der Waals surface area contributed by atoms with Crippen LogP contribution in [0.25, 0.3) is 0 Å². The molecule has 2 aliphatic rings.